The number of esters is 1. The molecule has 17 heavy (non-hydrogen) atoms. The van der Waals surface area contributed by atoms with Gasteiger partial charge in [0.15, 0.2) is 0 Å². The lowest BCUT2D eigenvalue weighted by molar-refractivity contribution is -0.143. The zero-order valence-electron chi connectivity index (χ0n) is 9.43. The Balaban J connectivity index is 2.00. The number of ether oxygens (including phenoxy) is 2. The molecule has 1 heterocycles. The second-order valence-corrected chi connectivity index (χ2v) is 3.73. The molecule has 1 atom stereocenters. The van der Waals surface area contributed by atoms with Gasteiger partial charge in [0.25, 0.3) is 0 Å². The van der Waals surface area contributed by atoms with Crippen LogP contribution in [0.15, 0.2) is 24.3 Å². The first-order valence-corrected chi connectivity index (χ1v) is 5.32. The average molecular weight is 235 g/mol. The molecule has 0 radical (unpaired) electrons. The van der Waals surface area contributed by atoms with Crippen LogP contribution in [0.2, 0.25) is 0 Å². The predicted octanol–water partition coefficient (Wildman–Crippen LogP) is 1.20. The summed E-state index contributed by atoms with van der Waals surface area (Å²) in [6, 6.07) is 6.92. The molecule has 0 aliphatic carbocycles. The topological polar surface area (TPSA) is 64.6 Å². The SMILES string of the molecule is COc1ccc(NC(=O)[C@@H]2CCOC2=O)cc1. The maximum atomic E-state index is 11.7. The minimum Gasteiger partial charge on any atom is -0.497 e. The first kappa shape index (κ1) is 11.4. The molecule has 1 fully saturated rings. The Labute approximate surface area is 98.7 Å². The first-order chi connectivity index (χ1) is 8.20. The fraction of sp³-hybridized carbons (Fsp3) is 0.333. The van der Waals surface area contributed by atoms with Crippen molar-refractivity contribution in [3.8, 4) is 5.75 Å². The first-order valence-electron chi connectivity index (χ1n) is 5.32. The molecule has 0 unspecified atom stereocenters. The summed E-state index contributed by atoms with van der Waals surface area (Å²) < 4.78 is 9.75. The summed E-state index contributed by atoms with van der Waals surface area (Å²) in [6.07, 6.45) is 0.445. The second kappa shape index (κ2) is 4.86. The Morgan fingerprint density at radius 2 is 2.12 bits per heavy atom. The lowest BCUT2D eigenvalue weighted by Crippen LogP contribution is -2.26. The standard InChI is InChI=1S/C12H13NO4/c1-16-9-4-2-8(3-5-9)13-11(14)10-6-7-17-12(10)15/h2-5,10H,6-7H2,1H3,(H,13,14)/t10-/m0/s1. The third-order valence-electron chi connectivity index (χ3n) is 2.61. The van der Waals surface area contributed by atoms with Gasteiger partial charge in [0.1, 0.15) is 11.7 Å². The zero-order chi connectivity index (χ0) is 12.3. The molecule has 90 valence electrons. The van der Waals surface area contributed by atoms with Crippen LogP contribution in [0, 0.1) is 5.92 Å². The van der Waals surface area contributed by atoms with Crippen LogP contribution in [-0.2, 0) is 14.3 Å². The van der Waals surface area contributed by atoms with Crippen LogP contribution in [0.25, 0.3) is 0 Å². The minimum atomic E-state index is -0.683. The van der Waals surface area contributed by atoms with E-state index < -0.39 is 11.9 Å². The summed E-state index contributed by atoms with van der Waals surface area (Å²) in [7, 11) is 1.57. The second-order valence-electron chi connectivity index (χ2n) is 3.73. The number of carbonyl (C=O) groups excluding carboxylic acids is 2. The van der Waals surface area contributed by atoms with Gasteiger partial charge in [-0.2, -0.15) is 0 Å². The van der Waals surface area contributed by atoms with Crippen molar-refractivity contribution in [3.63, 3.8) is 0 Å². The minimum absolute atomic E-state index is 0.319. The van der Waals surface area contributed by atoms with Crippen LogP contribution in [0.5, 0.6) is 5.75 Å². The summed E-state index contributed by atoms with van der Waals surface area (Å²) in [5.74, 6) is -0.742. The number of amides is 1. The molecule has 0 saturated carbocycles. The summed E-state index contributed by atoms with van der Waals surface area (Å²) in [5.41, 5.74) is 0.635. The van der Waals surface area contributed by atoms with Gasteiger partial charge >= 0.3 is 5.97 Å². The largest absolute Gasteiger partial charge is 0.497 e. The number of carbonyl (C=O) groups is 2. The maximum absolute atomic E-state index is 11.7. The Kier molecular flexibility index (Phi) is 3.27. The van der Waals surface area contributed by atoms with Crippen molar-refractivity contribution in [3.05, 3.63) is 24.3 Å². The Morgan fingerprint density at radius 3 is 2.65 bits per heavy atom. The van der Waals surface area contributed by atoms with Crippen molar-refractivity contribution in [1.29, 1.82) is 0 Å². The fourth-order valence-corrected chi connectivity index (χ4v) is 1.64. The quantitative estimate of drug-likeness (QED) is 0.631. The van der Waals surface area contributed by atoms with E-state index in [9.17, 15) is 9.59 Å². The molecule has 1 N–H and O–H groups in total. The molecule has 0 aromatic heterocycles. The Hall–Kier alpha value is -2.04. The molecule has 0 spiro atoms. The van der Waals surface area contributed by atoms with E-state index in [4.69, 9.17) is 9.47 Å². The number of nitrogens with one attached hydrogen (secondary N) is 1. The van der Waals surface area contributed by atoms with Crippen molar-refractivity contribution in [2.24, 2.45) is 5.92 Å². The zero-order valence-corrected chi connectivity index (χ0v) is 9.43. The highest BCUT2D eigenvalue weighted by molar-refractivity contribution is 6.05. The van der Waals surface area contributed by atoms with Crippen LogP contribution in [0.3, 0.4) is 0 Å². The maximum Gasteiger partial charge on any atom is 0.318 e. The van der Waals surface area contributed by atoms with Crippen molar-refractivity contribution in [2.45, 2.75) is 6.42 Å². The molecule has 5 heteroatoms. The lowest BCUT2D eigenvalue weighted by atomic mass is 10.1. The molecule has 2 rings (SSSR count). The van der Waals surface area contributed by atoms with Crippen molar-refractivity contribution in [2.75, 3.05) is 19.0 Å². The monoisotopic (exact) mass is 235 g/mol. The van der Waals surface area contributed by atoms with E-state index in [1.807, 2.05) is 0 Å². The van der Waals surface area contributed by atoms with Crippen LogP contribution in [0.4, 0.5) is 5.69 Å². The predicted molar refractivity (Wildman–Crippen MR) is 60.7 cm³/mol. The van der Waals surface area contributed by atoms with Gasteiger partial charge in [0, 0.05) is 12.1 Å². The van der Waals surface area contributed by atoms with E-state index in [1.165, 1.54) is 0 Å². The van der Waals surface area contributed by atoms with Crippen LogP contribution in [-0.4, -0.2) is 25.6 Å². The number of cyclic esters (lactones) is 1. The van der Waals surface area contributed by atoms with Gasteiger partial charge in [-0.05, 0) is 24.3 Å². The number of rotatable bonds is 3. The molecule has 1 saturated heterocycles. The third-order valence-corrected chi connectivity index (χ3v) is 2.61. The highest BCUT2D eigenvalue weighted by Gasteiger charge is 2.33. The van der Waals surface area contributed by atoms with Gasteiger partial charge in [0.2, 0.25) is 5.91 Å². The van der Waals surface area contributed by atoms with Gasteiger partial charge < -0.3 is 14.8 Å². The fourth-order valence-electron chi connectivity index (χ4n) is 1.64. The summed E-state index contributed by atoms with van der Waals surface area (Å²) >= 11 is 0. The molecular weight excluding hydrogens is 222 g/mol. The van der Waals surface area contributed by atoms with E-state index >= 15 is 0 Å². The molecular formula is C12H13NO4. The highest BCUT2D eigenvalue weighted by atomic mass is 16.5. The highest BCUT2D eigenvalue weighted by Crippen LogP contribution is 2.19. The van der Waals surface area contributed by atoms with E-state index in [-0.39, 0.29) is 5.91 Å². The summed E-state index contributed by atoms with van der Waals surface area (Å²) in [5, 5.41) is 2.67. The van der Waals surface area contributed by atoms with Crippen molar-refractivity contribution < 1.29 is 19.1 Å². The summed E-state index contributed by atoms with van der Waals surface area (Å²) in [4.78, 5) is 22.9. The van der Waals surface area contributed by atoms with Crippen LogP contribution >= 0.6 is 0 Å². The summed E-state index contributed by atoms with van der Waals surface area (Å²) in [6.45, 7) is 0.319. The van der Waals surface area contributed by atoms with Crippen LogP contribution in [0.1, 0.15) is 6.42 Å². The Morgan fingerprint density at radius 1 is 1.41 bits per heavy atom. The number of hydrogen-bond donors (Lipinski definition) is 1. The van der Waals surface area contributed by atoms with Gasteiger partial charge in [-0.25, -0.2) is 0 Å². The smallest absolute Gasteiger partial charge is 0.318 e. The van der Waals surface area contributed by atoms with Gasteiger partial charge in [0.05, 0.1) is 13.7 Å². The van der Waals surface area contributed by atoms with Gasteiger partial charge in [-0.1, -0.05) is 0 Å². The number of benzene rings is 1. The molecule has 1 amide bonds. The van der Waals surface area contributed by atoms with Gasteiger partial charge in [-0.15, -0.1) is 0 Å². The van der Waals surface area contributed by atoms with Crippen LogP contribution < -0.4 is 10.1 Å². The van der Waals surface area contributed by atoms with E-state index in [2.05, 4.69) is 5.32 Å². The number of anilines is 1. The molecule has 1 aromatic rings. The molecule has 1 aliphatic heterocycles. The number of methoxy groups -OCH3 is 1. The average Bonchev–Trinajstić information content (AvgIpc) is 2.76. The number of hydrogen-bond acceptors (Lipinski definition) is 4. The van der Waals surface area contributed by atoms with Crippen molar-refractivity contribution >= 4 is 17.6 Å². The normalized spacial score (nSPS) is 18.6. The molecule has 0 bridgehead atoms. The Bertz CT molecular complexity index is 427. The van der Waals surface area contributed by atoms with E-state index in [0.29, 0.717) is 24.5 Å². The molecule has 1 aliphatic rings. The molecule has 1 aromatic carbocycles. The third kappa shape index (κ3) is 2.55. The van der Waals surface area contributed by atoms with E-state index in [0.717, 1.165) is 0 Å². The van der Waals surface area contributed by atoms with E-state index in [1.54, 1.807) is 31.4 Å². The lowest BCUT2D eigenvalue weighted by Gasteiger charge is -2.08. The van der Waals surface area contributed by atoms with Crippen molar-refractivity contribution in [1.82, 2.24) is 0 Å². The van der Waals surface area contributed by atoms with Gasteiger partial charge in [-0.3, -0.25) is 9.59 Å². The molecule has 5 nitrogen and oxygen atoms in total.